The first kappa shape index (κ1) is 10.6. The molecule has 1 aromatic heterocycles. The highest BCUT2D eigenvalue weighted by Crippen LogP contribution is 2.19. The van der Waals surface area contributed by atoms with Crippen LogP contribution in [-0.4, -0.2) is 23.0 Å². The van der Waals surface area contributed by atoms with E-state index >= 15 is 0 Å². The number of carbonyl (C=O) groups excluding carboxylic acids is 1. The molecular formula is C13H13NO2. The van der Waals surface area contributed by atoms with Crippen molar-refractivity contribution in [2.45, 2.75) is 6.42 Å². The summed E-state index contributed by atoms with van der Waals surface area (Å²) < 4.78 is 0. The van der Waals surface area contributed by atoms with Gasteiger partial charge in [-0.15, -0.1) is 0 Å². The molecule has 0 aliphatic carbocycles. The van der Waals surface area contributed by atoms with Crippen molar-refractivity contribution >= 4 is 23.3 Å². The first-order valence-corrected chi connectivity index (χ1v) is 5.19. The van der Waals surface area contributed by atoms with Crippen molar-refractivity contribution in [3.05, 3.63) is 41.6 Å². The number of aldehydes is 1. The second kappa shape index (κ2) is 4.77. The van der Waals surface area contributed by atoms with E-state index in [4.69, 9.17) is 5.11 Å². The van der Waals surface area contributed by atoms with Gasteiger partial charge in [0.1, 0.15) is 0 Å². The number of hydrogen-bond acceptors (Lipinski definition) is 2. The molecule has 0 atom stereocenters. The molecule has 0 aliphatic rings. The molecule has 0 amide bonds. The Bertz CT molecular complexity index is 526. The van der Waals surface area contributed by atoms with Crippen LogP contribution < -0.4 is 0 Å². The predicted octanol–water partition coefficient (Wildman–Crippen LogP) is 2.38. The highest BCUT2D eigenvalue weighted by atomic mass is 16.2. The molecule has 1 aromatic carbocycles. The van der Waals surface area contributed by atoms with Crippen LogP contribution in [0.3, 0.4) is 0 Å². The molecular weight excluding hydrogens is 202 g/mol. The molecule has 0 spiro atoms. The lowest BCUT2D eigenvalue weighted by Crippen LogP contribution is -1.78. The molecule has 2 aromatic rings. The number of aromatic amines is 1. The maximum Gasteiger partial charge on any atom is 0.152 e. The van der Waals surface area contributed by atoms with Gasteiger partial charge in [0.15, 0.2) is 6.29 Å². The van der Waals surface area contributed by atoms with Crippen LogP contribution in [0, 0.1) is 0 Å². The van der Waals surface area contributed by atoms with Gasteiger partial charge < -0.3 is 10.1 Å². The first-order chi connectivity index (χ1) is 7.85. The number of fused-ring (bicyclic) bond motifs is 1. The van der Waals surface area contributed by atoms with Crippen LogP contribution >= 0.6 is 0 Å². The van der Waals surface area contributed by atoms with Gasteiger partial charge in [-0.05, 0) is 18.1 Å². The average molecular weight is 215 g/mol. The number of aliphatic hydroxyl groups excluding tert-OH is 1. The number of nitrogens with one attached hydrogen (secondary N) is 1. The van der Waals surface area contributed by atoms with Gasteiger partial charge in [0.05, 0.1) is 0 Å². The van der Waals surface area contributed by atoms with Crippen LogP contribution in [0.15, 0.2) is 30.5 Å². The van der Waals surface area contributed by atoms with E-state index in [0.29, 0.717) is 12.0 Å². The third-order valence-electron chi connectivity index (χ3n) is 2.47. The zero-order valence-corrected chi connectivity index (χ0v) is 8.81. The second-order valence-electron chi connectivity index (χ2n) is 3.58. The number of hydrogen-bond donors (Lipinski definition) is 2. The van der Waals surface area contributed by atoms with Gasteiger partial charge in [-0.2, -0.15) is 0 Å². The zero-order valence-electron chi connectivity index (χ0n) is 8.81. The highest BCUT2D eigenvalue weighted by Gasteiger charge is 2.01. The third kappa shape index (κ3) is 2.04. The summed E-state index contributed by atoms with van der Waals surface area (Å²) in [7, 11) is 0. The molecule has 82 valence electrons. The van der Waals surface area contributed by atoms with Crippen molar-refractivity contribution in [1.82, 2.24) is 4.98 Å². The van der Waals surface area contributed by atoms with Crippen LogP contribution in [0.2, 0.25) is 0 Å². The molecule has 3 heteroatoms. The fourth-order valence-corrected chi connectivity index (χ4v) is 1.66. The average Bonchev–Trinajstić information content (AvgIpc) is 2.71. The summed E-state index contributed by atoms with van der Waals surface area (Å²) in [4.78, 5) is 13.8. The second-order valence-corrected chi connectivity index (χ2v) is 3.58. The van der Waals surface area contributed by atoms with Crippen LogP contribution in [0.1, 0.15) is 22.3 Å². The summed E-state index contributed by atoms with van der Waals surface area (Å²) in [6.07, 6.45) is 7.09. The van der Waals surface area contributed by atoms with E-state index in [9.17, 15) is 4.79 Å². The maximum atomic E-state index is 10.7. The topological polar surface area (TPSA) is 53.1 Å². The number of aromatic nitrogens is 1. The largest absolute Gasteiger partial charge is 0.396 e. The quantitative estimate of drug-likeness (QED) is 0.769. The molecule has 0 unspecified atom stereocenters. The lowest BCUT2D eigenvalue weighted by molar-refractivity contribution is 0.112. The Kier molecular flexibility index (Phi) is 3.17. The van der Waals surface area contributed by atoms with Crippen molar-refractivity contribution in [3.63, 3.8) is 0 Å². The van der Waals surface area contributed by atoms with Gasteiger partial charge in [0, 0.05) is 29.3 Å². The fourth-order valence-electron chi connectivity index (χ4n) is 1.66. The van der Waals surface area contributed by atoms with E-state index in [1.807, 2.05) is 30.4 Å². The van der Waals surface area contributed by atoms with Gasteiger partial charge in [-0.1, -0.05) is 24.3 Å². The van der Waals surface area contributed by atoms with Gasteiger partial charge >= 0.3 is 0 Å². The Hall–Kier alpha value is -1.87. The normalized spacial score (nSPS) is 11.3. The Morgan fingerprint density at radius 3 is 3.00 bits per heavy atom. The predicted molar refractivity (Wildman–Crippen MR) is 64.4 cm³/mol. The summed E-state index contributed by atoms with van der Waals surface area (Å²) in [6.45, 7) is 0.163. The Labute approximate surface area is 93.4 Å². The Balaban J connectivity index is 2.34. The molecule has 0 radical (unpaired) electrons. The third-order valence-corrected chi connectivity index (χ3v) is 2.47. The molecule has 1 heterocycles. The van der Waals surface area contributed by atoms with Crippen LogP contribution in [0.25, 0.3) is 17.0 Å². The van der Waals surface area contributed by atoms with E-state index in [-0.39, 0.29) is 6.61 Å². The number of aliphatic hydroxyl groups is 1. The molecule has 0 bridgehead atoms. The van der Waals surface area contributed by atoms with Crippen LogP contribution in [0.5, 0.6) is 0 Å². The minimum atomic E-state index is 0.163. The number of rotatable bonds is 4. The number of benzene rings is 1. The monoisotopic (exact) mass is 215 g/mol. The van der Waals surface area contributed by atoms with Crippen molar-refractivity contribution in [3.8, 4) is 0 Å². The van der Waals surface area contributed by atoms with E-state index in [0.717, 1.165) is 22.8 Å². The molecule has 0 fully saturated rings. The van der Waals surface area contributed by atoms with E-state index in [1.165, 1.54) is 0 Å². The number of H-pyrrole nitrogens is 1. The van der Waals surface area contributed by atoms with E-state index < -0.39 is 0 Å². The fraction of sp³-hybridized carbons (Fsp3) is 0.154. The highest BCUT2D eigenvalue weighted by molar-refractivity contribution is 5.97. The van der Waals surface area contributed by atoms with Crippen molar-refractivity contribution in [2.24, 2.45) is 0 Å². The summed E-state index contributed by atoms with van der Waals surface area (Å²) in [6, 6.07) is 5.86. The van der Waals surface area contributed by atoms with Crippen molar-refractivity contribution in [2.75, 3.05) is 6.61 Å². The standard InChI is InChI=1S/C13H13NO2/c15-6-2-1-3-10-4-5-12-11(9-16)8-14-13(12)7-10/h1,3-5,7-9,14-15H,2,6H2. The first-order valence-electron chi connectivity index (χ1n) is 5.19. The minimum Gasteiger partial charge on any atom is -0.396 e. The molecule has 3 nitrogen and oxygen atoms in total. The van der Waals surface area contributed by atoms with Gasteiger partial charge in [0.2, 0.25) is 0 Å². The van der Waals surface area contributed by atoms with E-state index in [2.05, 4.69) is 4.98 Å². The summed E-state index contributed by atoms with van der Waals surface area (Å²) in [5.41, 5.74) is 2.69. The number of carbonyl (C=O) groups is 1. The van der Waals surface area contributed by atoms with Gasteiger partial charge in [-0.25, -0.2) is 0 Å². The minimum absolute atomic E-state index is 0.163. The van der Waals surface area contributed by atoms with Crippen molar-refractivity contribution in [1.29, 1.82) is 0 Å². The summed E-state index contributed by atoms with van der Waals surface area (Å²) >= 11 is 0. The van der Waals surface area contributed by atoms with Crippen LogP contribution in [0.4, 0.5) is 0 Å². The molecule has 0 saturated heterocycles. The van der Waals surface area contributed by atoms with Crippen LogP contribution in [-0.2, 0) is 0 Å². The lowest BCUT2D eigenvalue weighted by Gasteiger charge is -1.95. The van der Waals surface area contributed by atoms with Gasteiger partial charge in [-0.3, -0.25) is 4.79 Å². The zero-order chi connectivity index (χ0) is 11.4. The summed E-state index contributed by atoms with van der Waals surface area (Å²) in [5, 5.41) is 9.59. The lowest BCUT2D eigenvalue weighted by atomic mass is 10.1. The smallest absolute Gasteiger partial charge is 0.152 e. The molecule has 0 saturated carbocycles. The molecule has 0 aliphatic heterocycles. The van der Waals surface area contributed by atoms with E-state index in [1.54, 1.807) is 6.20 Å². The summed E-state index contributed by atoms with van der Waals surface area (Å²) in [5.74, 6) is 0. The maximum absolute atomic E-state index is 10.7. The van der Waals surface area contributed by atoms with Gasteiger partial charge in [0.25, 0.3) is 0 Å². The van der Waals surface area contributed by atoms with Crippen molar-refractivity contribution < 1.29 is 9.90 Å². The SMILES string of the molecule is O=Cc1c[nH]c2cc(C=CCCO)ccc12. The Morgan fingerprint density at radius 1 is 1.38 bits per heavy atom. The molecule has 2 rings (SSSR count). The molecule has 2 N–H and O–H groups in total. The molecule has 16 heavy (non-hydrogen) atoms. The Morgan fingerprint density at radius 2 is 2.25 bits per heavy atom.